The maximum absolute atomic E-state index is 14.7. The number of halogens is 3. The number of nitrogens with zero attached hydrogens (tertiary/aromatic N) is 1. The Bertz CT molecular complexity index is 1510. The van der Waals surface area contributed by atoms with Gasteiger partial charge in [0.25, 0.3) is 5.56 Å². The molecule has 0 spiro atoms. The minimum Gasteiger partial charge on any atom is -0.444 e. The molecule has 0 radical (unpaired) electrons. The van der Waals surface area contributed by atoms with Crippen LogP contribution in [-0.2, 0) is 33.5 Å². The van der Waals surface area contributed by atoms with Gasteiger partial charge in [-0.2, -0.15) is 13.2 Å². The van der Waals surface area contributed by atoms with Gasteiger partial charge in [-0.1, -0.05) is 95.3 Å². The molecule has 2 atom stereocenters. The molecule has 8 nitrogen and oxygen atoms in total. The molecule has 0 saturated heterocycles. The largest absolute Gasteiger partial charge is 0.444 e. The third kappa shape index (κ3) is 9.80. The fraction of sp³-hybridized carbons (Fsp3) is 0.441. The van der Waals surface area contributed by atoms with Gasteiger partial charge in [-0.05, 0) is 47.7 Å². The zero-order valence-electron chi connectivity index (χ0n) is 27.4. The van der Waals surface area contributed by atoms with Crippen molar-refractivity contribution in [2.24, 2.45) is 17.3 Å². The Kier molecular flexibility index (Phi) is 12.0. The van der Waals surface area contributed by atoms with E-state index in [0.717, 1.165) is 15.7 Å². The Morgan fingerprint density at radius 2 is 1.48 bits per heavy atom. The first-order valence-electron chi connectivity index (χ1n) is 15.2. The van der Waals surface area contributed by atoms with Gasteiger partial charge in [0, 0.05) is 12.1 Å². The number of anilines is 1. The van der Waals surface area contributed by atoms with Crippen molar-refractivity contribution in [3.05, 3.63) is 100.0 Å². The normalized spacial score (nSPS) is 14.1. The molecule has 12 heteroatoms. The van der Waals surface area contributed by atoms with Crippen LogP contribution in [0, 0.1) is 17.3 Å². The number of carbonyl (C=O) groups is 2. The summed E-state index contributed by atoms with van der Waals surface area (Å²) in [6, 6.07) is 19.8. The van der Waals surface area contributed by atoms with Crippen LogP contribution in [0.1, 0.15) is 51.3 Å². The second-order valence-electron chi connectivity index (χ2n) is 13.0. The third-order valence-electron chi connectivity index (χ3n) is 7.40. The molecule has 0 aliphatic carbocycles. The minimum atomic E-state index is -4.71. The highest BCUT2D eigenvalue weighted by molar-refractivity contribution is 6.48. The molecule has 1 aromatic heterocycles. The van der Waals surface area contributed by atoms with Crippen LogP contribution >= 0.6 is 0 Å². The molecule has 2 amide bonds. The molecule has 0 fully saturated rings. The predicted molar refractivity (Wildman–Crippen MR) is 175 cm³/mol. The van der Waals surface area contributed by atoms with Gasteiger partial charge in [-0.3, -0.25) is 14.9 Å². The Morgan fingerprint density at radius 3 is 1.98 bits per heavy atom. The number of rotatable bonds is 12. The van der Waals surface area contributed by atoms with Crippen molar-refractivity contribution in [3.63, 3.8) is 0 Å². The van der Waals surface area contributed by atoms with Crippen molar-refractivity contribution in [1.82, 2.24) is 9.88 Å². The fourth-order valence-electron chi connectivity index (χ4n) is 5.67. The lowest BCUT2D eigenvalue weighted by Gasteiger charge is -2.51. The number of hydrogen-bond acceptors (Lipinski definition) is 5. The highest BCUT2D eigenvalue weighted by atomic mass is 28.3. The number of ether oxygens (including phenoxy) is 1. The van der Waals surface area contributed by atoms with E-state index < -0.39 is 62.3 Å². The van der Waals surface area contributed by atoms with Crippen molar-refractivity contribution in [1.29, 1.82) is 0 Å². The van der Waals surface area contributed by atoms with Gasteiger partial charge in [-0.25, -0.2) is 4.79 Å². The lowest BCUT2D eigenvalue weighted by Crippen LogP contribution is -2.67. The standard InChI is InChI=1S/C34H44F3N3O5Si/c1-23(2)33(45-46(6)7,30(32(3,4)5)34(35,36)37)39-28(41)21-40-20-26(18-24-14-10-8-11-15-24)19-27(29(40)42)38-31(43)44-22-25-16-12-9-13-17-25/h8-17,19-20,23,30,46H,18,21-22H2,1-7H3,(H,38,43)(H,39,41). The monoisotopic (exact) mass is 659 g/mol. The molecule has 2 N–H and O–H groups in total. The topological polar surface area (TPSA) is 98.7 Å². The zero-order chi connectivity index (χ0) is 34.3. The van der Waals surface area contributed by atoms with E-state index in [1.807, 2.05) is 36.4 Å². The van der Waals surface area contributed by atoms with Crippen LogP contribution in [0.25, 0.3) is 0 Å². The number of alkyl halides is 3. The summed E-state index contributed by atoms with van der Waals surface area (Å²) in [7, 11) is -2.15. The molecular formula is C34H44F3N3O5Si. The number of carbonyl (C=O) groups excluding carboxylic acids is 2. The van der Waals surface area contributed by atoms with E-state index in [4.69, 9.17) is 9.16 Å². The molecule has 2 aromatic carbocycles. The summed E-state index contributed by atoms with van der Waals surface area (Å²) in [5.41, 5.74) is -2.03. The minimum absolute atomic E-state index is 0.0302. The second kappa shape index (κ2) is 15.1. The molecule has 3 rings (SSSR count). The van der Waals surface area contributed by atoms with Crippen molar-refractivity contribution < 1.29 is 31.9 Å². The maximum atomic E-state index is 14.7. The Labute approximate surface area is 270 Å². The number of nitrogens with one attached hydrogen (secondary N) is 2. The van der Waals surface area contributed by atoms with Gasteiger partial charge >= 0.3 is 12.3 Å². The van der Waals surface area contributed by atoms with Crippen LogP contribution < -0.4 is 16.2 Å². The average molecular weight is 660 g/mol. The first-order chi connectivity index (χ1) is 21.4. The molecular weight excluding hydrogens is 615 g/mol. The Morgan fingerprint density at radius 1 is 0.913 bits per heavy atom. The maximum Gasteiger partial charge on any atom is 0.412 e. The molecule has 0 aliphatic heterocycles. The number of benzene rings is 2. The fourth-order valence-corrected chi connectivity index (χ4v) is 6.91. The van der Waals surface area contributed by atoms with Crippen LogP contribution in [0.4, 0.5) is 23.7 Å². The molecule has 250 valence electrons. The summed E-state index contributed by atoms with van der Waals surface area (Å²) in [6.07, 6.45) is -3.76. The van der Waals surface area contributed by atoms with Crippen LogP contribution in [-0.4, -0.2) is 37.5 Å². The number of hydrogen-bond donors (Lipinski definition) is 2. The summed E-state index contributed by atoms with van der Waals surface area (Å²) in [4.78, 5) is 39.9. The highest BCUT2D eigenvalue weighted by Gasteiger charge is 2.61. The summed E-state index contributed by atoms with van der Waals surface area (Å²) in [5, 5.41) is 5.08. The van der Waals surface area contributed by atoms with E-state index in [1.165, 1.54) is 33.0 Å². The van der Waals surface area contributed by atoms with Gasteiger partial charge in [0.05, 0.1) is 0 Å². The lowest BCUT2D eigenvalue weighted by molar-refractivity contribution is -0.265. The third-order valence-corrected chi connectivity index (χ3v) is 8.26. The summed E-state index contributed by atoms with van der Waals surface area (Å²) in [6.45, 7) is 10.4. The summed E-state index contributed by atoms with van der Waals surface area (Å²) >= 11 is 0. The highest BCUT2D eigenvalue weighted by Crippen LogP contribution is 2.49. The summed E-state index contributed by atoms with van der Waals surface area (Å²) < 4.78 is 56.7. The van der Waals surface area contributed by atoms with Crippen LogP contribution in [0.2, 0.25) is 13.1 Å². The van der Waals surface area contributed by atoms with E-state index in [9.17, 15) is 27.6 Å². The smallest absolute Gasteiger partial charge is 0.412 e. The lowest BCUT2D eigenvalue weighted by atomic mass is 9.70. The van der Waals surface area contributed by atoms with Crippen molar-refractivity contribution in [2.45, 2.75) is 79.2 Å². The molecule has 46 heavy (non-hydrogen) atoms. The van der Waals surface area contributed by atoms with Crippen LogP contribution in [0.3, 0.4) is 0 Å². The molecule has 2 unspecified atom stereocenters. The van der Waals surface area contributed by atoms with Crippen molar-refractivity contribution in [2.75, 3.05) is 5.32 Å². The van der Waals surface area contributed by atoms with Gasteiger partial charge in [0.15, 0.2) is 9.04 Å². The number of amides is 2. The van der Waals surface area contributed by atoms with E-state index in [0.29, 0.717) is 12.0 Å². The molecule has 3 aromatic rings. The zero-order valence-corrected chi connectivity index (χ0v) is 28.6. The first-order valence-corrected chi connectivity index (χ1v) is 18.0. The van der Waals surface area contributed by atoms with Crippen molar-refractivity contribution >= 4 is 26.7 Å². The van der Waals surface area contributed by atoms with Crippen LogP contribution in [0.5, 0.6) is 0 Å². The van der Waals surface area contributed by atoms with E-state index in [1.54, 1.807) is 51.2 Å². The van der Waals surface area contributed by atoms with Gasteiger partial charge in [-0.15, -0.1) is 0 Å². The Hall–Kier alpha value is -3.90. The first kappa shape index (κ1) is 36.6. The molecule has 0 bridgehead atoms. The van der Waals surface area contributed by atoms with Crippen LogP contribution in [0.15, 0.2) is 77.7 Å². The van der Waals surface area contributed by atoms with Gasteiger partial charge in [0.1, 0.15) is 30.5 Å². The molecule has 1 heterocycles. The number of pyridine rings is 1. The predicted octanol–water partition coefficient (Wildman–Crippen LogP) is 6.88. The van der Waals surface area contributed by atoms with Crippen molar-refractivity contribution in [3.8, 4) is 0 Å². The van der Waals surface area contributed by atoms with Gasteiger partial charge in [0.2, 0.25) is 5.91 Å². The van der Waals surface area contributed by atoms with E-state index in [-0.39, 0.29) is 12.3 Å². The summed E-state index contributed by atoms with van der Waals surface area (Å²) in [5.74, 6) is -3.66. The molecule has 0 aliphatic rings. The number of aromatic nitrogens is 1. The average Bonchev–Trinajstić information content (AvgIpc) is 2.93. The van der Waals surface area contributed by atoms with E-state index >= 15 is 0 Å². The second-order valence-corrected chi connectivity index (χ2v) is 15.4. The van der Waals surface area contributed by atoms with Gasteiger partial charge < -0.3 is 19.0 Å². The quantitative estimate of drug-likeness (QED) is 0.163. The SMILES string of the molecule is CC(C)C(NC(=O)Cn1cc(Cc2ccccc2)cc(NC(=O)OCc2ccccc2)c1=O)(O[SiH](C)C)C(C(C)(C)C)C(F)(F)F. The molecule has 0 saturated carbocycles. The van der Waals surface area contributed by atoms with E-state index in [2.05, 4.69) is 10.6 Å². The Balaban J connectivity index is 1.99.